The van der Waals surface area contributed by atoms with E-state index in [0.29, 0.717) is 25.4 Å². The predicted molar refractivity (Wildman–Crippen MR) is 97.8 cm³/mol. The topological polar surface area (TPSA) is 65.8 Å². The van der Waals surface area contributed by atoms with Gasteiger partial charge in [0.2, 0.25) is 5.91 Å². The van der Waals surface area contributed by atoms with Crippen LogP contribution in [0.5, 0.6) is 0 Å². The van der Waals surface area contributed by atoms with Gasteiger partial charge in [0.05, 0.1) is 0 Å². The van der Waals surface area contributed by atoms with Crippen molar-refractivity contribution in [3.8, 4) is 0 Å². The molecular weight excluding hydrogens is 330 g/mol. The average Bonchev–Trinajstić information content (AvgIpc) is 3.39. The fourth-order valence-corrected chi connectivity index (χ4v) is 4.57. The highest BCUT2D eigenvalue weighted by atomic mass is 16.3. The first-order valence-electron chi connectivity index (χ1n) is 9.97. The number of hydrogen-bond acceptors (Lipinski definition) is 3. The molecule has 0 unspecified atom stereocenters. The number of nitrogens with zero attached hydrogens (tertiary/aromatic N) is 3. The number of hydrogen-bond donors (Lipinski definition) is 1. The van der Waals surface area contributed by atoms with Crippen LogP contribution in [-0.4, -0.2) is 64.1 Å². The van der Waals surface area contributed by atoms with E-state index in [-0.39, 0.29) is 23.8 Å². The molecule has 6 heteroatoms. The highest BCUT2D eigenvalue weighted by molar-refractivity contribution is 5.93. The van der Waals surface area contributed by atoms with Crippen molar-refractivity contribution in [2.75, 3.05) is 32.8 Å². The molecule has 142 valence electrons. The van der Waals surface area contributed by atoms with Gasteiger partial charge in [0.25, 0.3) is 5.91 Å². The monoisotopic (exact) mass is 359 g/mol. The molecule has 2 aliphatic heterocycles. The van der Waals surface area contributed by atoms with E-state index in [4.69, 9.17) is 5.11 Å². The smallest absolute Gasteiger partial charge is 0.270 e. The molecular formula is C20H29N3O3. The Morgan fingerprint density at radius 1 is 1.23 bits per heavy atom. The maximum atomic E-state index is 13.0. The highest BCUT2D eigenvalue weighted by Gasteiger charge is 2.42. The van der Waals surface area contributed by atoms with Crippen LogP contribution in [0.3, 0.4) is 0 Å². The number of aliphatic hydroxyl groups is 1. The first-order chi connectivity index (χ1) is 12.6. The van der Waals surface area contributed by atoms with Crippen LogP contribution in [0.1, 0.15) is 61.5 Å². The van der Waals surface area contributed by atoms with Crippen LogP contribution in [-0.2, 0) is 4.79 Å². The van der Waals surface area contributed by atoms with Gasteiger partial charge in [0.1, 0.15) is 5.69 Å². The Morgan fingerprint density at radius 2 is 2.00 bits per heavy atom. The summed E-state index contributed by atoms with van der Waals surface area (Å²) in [4.78, 5) is 29.0. The van der Waals surface area contributed by atoms with Crippen molar-refractivity contribution in [1.82, 2.24) is 14.4 Å². The average molecular weight is 359 g/mol. The van der Waals surface area contributed by atoms with Crippen molar-refractivity contribution in [2.45, 2.75) is 51.0 Å². The third kappa shape index (κ3) is 3.39. The van der Waals surface area contributed by atoms with Gasteiger partial charge < -0.3 is 19.5 Å². The second kappa shape index (κ2) is 7.06. The van der Waals surface area contributed by atoms with Crippen molar-refractivity contribution in [2.24, 2.45) is 5.41 Å². The minimum absolute atomic E-state index is 0.125. The largest absolute Gasteiger partial charge is 0.396 e. The molecule has 3 heterocycles. The van der Waals surface area contributed by atoms with Gasteiger partial charge in [0, 0.05) is 51.4 Å². The third-order valence-corrected chi connectivity index (χ3v) is 6.38. The summed E-state index contributed by atoms with van der Waals surface area (Å²) in [7, 11) is 0. The Kier molecular flexibility index (Phi) is 4.78. The molecule has 1 aliphatic carbocycles. The van der Waals surface area contributed by atoms with Gasteiger partial charge in [-0.1, -0.05) is 0 Å². The van der Waals surface area contributed by atoms with Gasteiger partial charge >= 0.3 is 0 Å². The SMILES string of the molecule is O=C1CCC2(CCN(C(=O)c3cccn3C3CC3)CC2)CN1CCCO. The molecule has 6 nitrogen and oxygen atoms in total. The van der Waals surface area contributed by atoms with Crippen molar-refractivity contribution in [3.05, 3.63) is 24.0 Å². The lowest BCUT2D eigenvalue weighted by molar-refractivity contribution is -0.139. The lowest BCUT2D eigenvalue weighted by Gasteiger charge is -2.47. The summed E-state index contributed by atoms with van der Waals surface area (Å²) in [6, 6.07) is 4.44. The molecule has 0 aromatic carbocycles. The number of aromatic nitrogens is 1. The molecule has 1 saturated carbocycles. The van der Waals surface area contributed by atoms with E-state index >= 15 is 0 Å². The van der Waals surface area contributed by atoms with Crippen LogP contribution in [0.25, 0.3) is 0 Å². The number of aliphatic hydroxyl groups excluding tert-OH is 1. The lowest BCUT2D eigenvalue weighted by Crippen LogP contribution is -2.52. The van der Waals surface area contributed by atoms with Crippen LogP contribution in [0, 0.1) is 5.41 Å². The number of rotatable bonds is 5. The van der Waals surface area contributed by atoms with Gasteiger partial charge in [-0.3, -0.25) is 9.59 Å². The first kappa shape index (κ1) is 17.6. The summed E-state index contributed by atoms with van der Waals surface area (Å²) in [6.45, 7) is 3.11. The Bertz CT molecular complexity index is 672. The minimum atomic E-state index is 0.125. The number of likely N-dealkylation sites (tertiary alicyclic amines) is 2. The molecule has 0 radical (unpaired) electrons. The Morgan fingerprint density at radius 3 is 2.69 bits per heavy atom. The van der Waals surface area contributed by atoms with Crippen LogP contribution < -0.4 is 0 Å². The quantitative estimate of drug-likeness (QED) is 0.875. The maximum absolute atomic E-state index is 13.0. The van der Waals surface area contributed by atoms with E-state index in [1.165, 1.54) is 12.8 Å². The van der Waals surface area contributed by atoms with E-state index in [1.54, 1.807) is 0 Å². The van der Waals surface area contributed by atoms with Gasteiger partial charge in [-0.15, -0.1) is 0 Å². The molecule has 2 saturated heterocycles. The normalized spacial score (nSPS) is 22.9. The van der Waals surface area contributed by atoms with Gasteiger partial charge in [-0.05, 0) is 56.1 Å². The van der Waals surface area contributed by atoms with E-state index in [2.05, 4.69) is 4.57 Å². The highest BCUT2D eigenvalue weighted by Crippen LogP contribution is 2.41. The van der Waals surface area contributed by atoms with Crippen molar-refractivity contribution in [3.63, 3.8) is 0 Å². The molecule has 3 fully saturated rings. The van der Waals surface area contributed by atoms with E-state index < -0.39 is 0 Å². The Hall–Kier alpha value is -1.82. The van der Waals surface area contributed by atoms with Crippen molar-refractivity contribution >= 4 is 11.8 Å². The summed E-state index contributed by atoms with van der Waals surface area (Å²) in [6.07, 6.45) is 8.49. The van der Waals surface area contributed by atoms with Crippen LogP contribution in [0.15, 0.2) is 18.3 Å². The molecule has 26 heavy (non-hydrogen) atoms. The zero-order valence-corrected chi connectivity index (χ0v) is 15.4. The van der Waals surface area contributed by atoms with E-state index in [9.17, 15) is 9.59 Å². The first-order valence-corrected chi connectivity index (χ1v) is 9.97. The molecule has 1 aromatic heterocycles. The molecule has 0 bridgehead atoms. The molecule has 4 rings (SSSR count). The molecule has 1 spiro atoms. The zero-order valence-electron chi connectivity index (χ0n) is 15.4. The standard InChI is InChI=1S/C20H29N3O3/c24-14-2-10-22-15-20(7-6-18(22)25)8-12-21(13-9-20)19(26)17-3-1-11-23(17)16-4-5-16/h1,3,11,16,24H,2,4-10,12-15H2. The zero-order chi connectivity index (χ0) is 18.1. The summed E-state index contributed by atoms with van der Waals surface area (Å²) >= 11 is 0. The van der Waals surface area contributed by atoms with Gasteiger partial charge in [-0.2, -0.15) is 0 Å². The van der Waals surface area contributed by atoms with E-state index in [0.717, 1.165) is 44.6 Å². The third-order valence-electron chi connectivity index (χ3n) is 6.38. The van der Waals surface area contributed by atoms with Gasteiger partial charge in [0.15, 0.2) is 0 Å². The lowest BCUT2D eigenvalue weighted by atomic mass is 9.72. The Labute approximate surface area is 154 Å². The summed E-state index contributed by atoms with van der Waals surface area (Å²) < 4.78 is 2.14. The van der Waals surface area contributed by atoms with Crippen molar-refractivity contribution in [1.29, 1.82) is 0 Å². The fraction of sp³-hybridized carbons (Fsp3) is 0.700. The number of piperidine rings is 2. The summed E-state index contributed by atoms with van der Waals surface area (Å²) in [5, 5.41) is 9.05. The minimum Gasteiger partial charge on any atom is -0.396 e. The second-order valence-corrected chi connectivity index (χ2v) is 8.22. The van der Waals surface area contributed by atoms with Gasteiger partial charge in [-0.25, -0.2) is 0 Å². The number of carbonyl (C=O) groups is 2. The van der Waals surface area contributed by atoms with Crippen molar-refractivity contribution < 1.29 is 14.7 Å². The van der Waals surface area contributed by atoms with E-state index in [1.807, 2.05) is 28.1 Å². The van der Waals surface area contributed by atoms with Crippen LogP contribution in [0.4, 0.5) is 0 Å². The molecule has 1 N–H and O–H groups in total. The van der Waals surface area contributed by atoms with Crippen LogP contribution in [0.2, 0.25) is 0 Å². The Balaban J connectivity index is 1.38. The molecule has 2 amide bonds. The summed E-state index contributed by atoms with van der Waals surface area (Å²) in [5.41, 5.74) is 0.977. The number of carbonyl (C=O) groups excluding carboxylic acids is 2. The molecule has 1 aromatic rings. The maximum Gasteiger partial charge on any atom is 0.270 e. The number of amides is 2. The molecule has 3 aliphatic rings. The fourth-order valence-electron chi connectivity index (χ4n) is 4.57. The summed E-state index contributed by atoms with van der Waals surface area (Å²) in [5.74, 6) is 0.366. The second-order valence-electron chi connectivity index (χ2n) is 8.22. The van der Waals surface area contributed by atoms with Crippen LogP contribution >= 0.6 is 0 Å². The molecule has 0 atom stereocenters. The predicted octanol–water partition coefficient (Wildman–Crippen LogP) is 2.05.